The summed E-state index contributed by atoms with van der Waals surface area (Å²) in [6, 6.07) is 18.5. The summed E-state index contributed by atoms with van der Waals surface area (Å²) in [5.41, 5.74) is 2.65. The molecule has 2 heterocycles. The van der Waals surface area contributed by atoms with Gasteiger partial charge in [0.05, 0.1) is 18.9 Å². The summed E-state index contributed by atoms with van der Waals surface area (Å²) >= 11 is 0. The molecular formula is C28H37N3O3. The average molecular weight is 464 g/mol. The number of piperidine rings is 2. The molecule has 2 saturated heterocycles. The van der Waals surface area contributed by atoms with E-state index in [0.717, 1.165) is 57.6 Å². The minimum atomic E-state index is -0.113. The lowest BCUT2D eigenvalue weighted by molar-refractivity contribution is -0.136. The van der Waals surface area contributed by atoms with Crippen molar-refractivity contribution in [2.45, 2.75) is 51.6 Å². The first kappa shape index (κ1) is 24.3. The predicted octanol–water partition coefficient (Wildman–Crippen LogP) is 3.78. The predicted molar refractivity (Wildman–Crippen MR) is 133 cm³/mol. The van der Waals surface area contributed by atoms with E-state index >= 15 is 0 Å². The fourth-order valence-corrected chi connectivity index (χ4v) is 4.97. The molecule has 2 aliphatic rings. The molecule has 1 unspecified atom stereocenters. The number of rotatable bonds is 8. The highest BCUT2D eigenvalue weighted by molar-refractivity contribution is 5.81. The maximum atomic E-state index is 13.0. The summed E-state index contributed by atoms with van der Waals surface area (Å²) < 4.78 is 5.66. The van der Waals surface area contributed by atoms with Gasteiger partial charge in [0, 0.05) is 38.8 Å². The summed E-state index contributed by atoms with van der Waals surface area (Å²) in [7, 11) is 0. The van der Waals surface area contributed by atoms with Gasteiger partial charge in [-0.15, -0.1) is 0 Å². The average Bonchev–Trinajstić information content (AvgIpc) is 2.86. The number of para-hydroxylation sites is 1. The first-order valence-electron chi connectivity index (χ1n) is 12.6. The molecule has 6 nitrogen and oxygen atoms in total. The molecule has 0 aliphatic carbocycles. The molecule has 2 aromatic carbocycles. The fraction of sp³-hybridized carbons (Fsp3) is 0.500. The Balaban J connectivity index is 1.17. The third kappa shape index (κ3) is 7.07. The largest absolute Gasteiger partial charge is 0.493 e. The molecule has 2 fully saturated rings. The standard InChI is InChI=1S/C28H37N3O3/c1-22-7-5-8-23(19-22)20-30-16-12-25(13-17-30)29-28(33)24-9-6-15-31(21-24)27(32)14-18-34-26-10-3-2-4-11-26/h2-5,7-8,10-11,19,24-25H,6,9,12-18,20-21H2,1H3,(H,29,33). The second-order valence-corrected chi connectivity index (χ2v) is 9.64. The molecule has 0 spiro atoms. The SMILES string of the molecule is Cc1cccc(CN2CCC(NC(=O)C3CCCN(C(=O)CCOc4ccccc4)C3)CC2)c1. The van der Waals surface area contributed by atoms with Gasteiger partial charge in [-0.05, 0) is 50.3 Å². The molecule has 4 rings (SSSR count). The van der Waals surface area contributed by atoms with Gasteiger partial charge < -0.3 is 15.0 Å². The van der Waals surface area contributed by atoms with E-state index in [-0.39, 0.29) is 23.8 Å². The van der Waals surface area contributed by atoms with Crippen molar-refractivity contribution in [2.75, 3.05) is 32.8 Å². The minimum absolute atomic E-state index is 0.0675. The number of nitrogens with one attached hydrogen (secondary N) is 1. The lowest BCUT2D eigenvalue weighted by Gasteiger charge is -2.35. The van der Waals surface area contributed by atoms with Crippen LogP contribution in [0.1, 0.15) is 43.2 Å². The smallest absolute Gasteiger partial charge is 0.226 e. The summed E-state index contributed by atoms with van der Waals surface area (Å²) in [5.74, 6) is 0.835. The van der Waals surface area contributed by atoms with Crippen molar-refractivity contribution in [1.82, 2.24) is 15.1 Å². The van der Waals surface area contributed by atoms with Gasteiger partial charge in [-0.25, -0.2) is 0 Å². The van der Waals surface area contributed by atoms with E-state index in [4.69, 9.17) is 4.74 Å². The van der Waals surface area contributed by atoms with Gasteiger partial charge in [-0.2, -0.15) is 0 Å². The Bertz CT molecular complexity index is 941. The maximum absolute atomic E-state index is 13.0. The zero-order valence-electron chi connectivity index (χ0n) is 20.2. The van der Waals surface area contributed by atoms with Crippen LogP contribution in [0.5, 0.6) is 5.75 Å². The Morgan fingerprint density at radius 2 is 1.79 bits per heavy atom. The Kier molecular flexibility index (Phi) is 8.58. The summed E-state index contributed by atoms with van der Waals surface area (Å²) in [6.07, 6.45) is 4.01. The third-order valence-corrected chi connectivity index (χ3v) is 6.90. The van der Waals surface area contributed by atoms with Gasteiger partial charge in [0.25, 0.3) is 0 Å². The molecule has 34 heavy (non-hydrogen) atoms. The number of amides is 2. The van der Waals surface area contributed by atoms with Gasteiger partial charge in [-0.3, -0.25) is 14.5 Å². The fourth-order valence-electron chi connectivity index (χ4n) is 4.97. The molecule has 2 aromatic rings. The first-order chi connectivity index (χ1) is 16.6. The van der Waals surface area contributed by atoms with E-state index in [1.165, 1.54) is 11.1 Å². The normalized spacial score (nSPS) is 19.6. The molecule has 0 radical (unpaired) electrons. The highest BCUT2D eigenvalue weighted by Gasteiger charge is 2.30. The molecule has 1 atom stereocenters. The van der Waals surface area contributed by atoms with Crippen molar-refractivity contribution in [3.05, 3.63) is 65.7 Å². The van der Waals surface area contributed by atoms with Crippen molar-refractivity contribution in [3.8, 4) is 5.75 Å². The van der Waals surface area contributed by atoms with E-state index < -0.39 is 0 Å². The molecule has 0 saturated carbocycles. The molecule has 2 amide bonds. The molecule has 182 valence electrons. The lowest BCUT2D eigenvalue weighted by Crippen LogP contribution is -2.50. The van der Waals surface area contributed by atoms with Crippen LogP contribution in [0.2, 0.25) is 0 Å². The van der Waals surface area contributed by atoms with Crippen LogP contribution in [-0.4, -0.2) is 60.4 Å². The molecule has 2 aliphatic heterocycles. The second kappa shape index (κ2) is 12.0. The minimum Gasteiger partial charge on any atom is -0.493 e. The number of likely N-dealkylation sites (tertiary alicyclic amines) is 2. The van der Waals surface area contributed by atoms with Crippen molar-refractivity contribution < 1.29 is 14.3 Å². The zero-order chi connectivity index (χ0) is 23.8. The Morgan fingerprint density at radius 1 is 1.00 bits per heavy atom. The molecule has 0 aromatic heterocycles. The second-order valence-electron chi connectivity index (χ2n) is 9.64. The van der Waals surface area contributed by atoms with Crippen LogP contribution >= 0.6 is 0 Å². The Morgan fingerprint density at radius 3 is 2.56 bits per heavy atom. The van der Waals surface area contributed by atoms with Gasteiger partial charge >= 0.3 is 0 Å². The number of hydrogen-bond acceptors (Lipinski definition) is 4. The maximum Gasteiger partial charge on any atom is 0.226 e. The van der Waals surface area contributed by atoms with Gasteiger partial charge in [0.15, 0.2) is 0 Å². The van der Waals surface area contributed by atoms with E-state index in [0.29, 0.717) is 19.6 Å². The topological polar surface area (TPSA) is 61.9 Å². The van der Waals surface area contributed by atoms with Crippen LogP contribution in [0, 0.1) is 12.8 Å². The van der Waals surface area contributed by atoms with E-state index in [1.807, 2.05) is 35.2 Å². The highest BCUT2D eigenvalue weighted by Crippen LogP contribution is 2.20. The van der Waals surface area contributed by atoms with Crippen LogP contribution in [0.15, 0.2) is 54.6 Å². The molecular weight excluding hydrogens is 426 g/mol. The number of ether oxygens (including phenoxy) is 1. The number of aryl methyl sites for hydroxylation is 1. The van der Waals surface area contributed by atoms with Crippen LogP contribution in [0.4, 0.5) is 0 Å². The van der Waals surface area contributed by atoms with Crippen LogP contribution in [0.3, 0.4) is 0 Å². The van der Waals surface area contributed by atoms with E-state index in [9.17, 15) is 9.59 Å². The van der Waals surface area contributed by atoms with Gasteiger partial charge in [0.2, 0.25) is 11.8 Å². The Labute approximate surface area is 203 Å². The van der Waals surface area contributed by atoms with Crippen molar-refractivity contribution in [1.29, 1.82) is 0 Å². The summed E-state index contributed by atoms with van der Waals surface area (Å²) in [5, 5.41) is 3.28. The van der Waals surface area contributed by atoms with E-state index in [2.05, 4.69) is 41.4 Å². The number of benzene rings is 2. The number of hydrogen-bond donors (Lipinski definition) is 1. The first-order valence-corrected chi connectivity index (χ1v) is 12.6. The monoisotopic (exact) mass is 463 g/mol. The van der Waals surface area contributed by atoms with Crippen LogP contribution in [0.25, 0.3) is 0 Å². The molecule has 6 heteroatoms. The van der Waals surface area contributed by atoms with Crippen LogP contribution < -0.4 is 10.1 Å². The van der Waals surface area contributed by atoms with Crippen molar-refractivity contribution in [2.24, 2.45) is 5.92 Å². The highest BCUT2D eigenvalue weighted by atomic mass is 16.5. The van der Waals surface area contributed by atoms with Crippen molar-refractivity contribution >= 4 is 11.8 Å². The van der Waals surface area contributed by atoms with Crippen molar-refractivity contribution in [3.63, 3.8) is 0 Å². The van der Waals surface area contributed by atoms with Gasteiger partial charge in [0.1, 0.15) is 5.75 Å². The van der Waals surface area contributed by atoms with E-state index in [1.54, 1.807) is 0 Å². The summed E-state index contributed by atoms with van der Waals surface area (Å²) in [4.78, 5) is 29.9. The van der Waals surface area contributed by atoms with Gasteiger partial charge in [-0.1, -0.05) is 48.0 Å². The number of nitrogens with zero attached hydrogens (tertiary/aromatic N) is 2. The van der Waals surface area contributed by atoms with Crippen LogP contribution in [-0.2, 0) is 16.1 Å². The number of carbonyl (C=O) groups excluding carboxylic acids is 2. The molecule has 1 N–H and O–H groups in total. The number of carbonyl (C=O) groups is 2. The lowest BCUT2D eigenvalue weighted by atomic mass is 9.95. The third-order valence-electron chi connectivity index (χ3n) is 6.90. The summed E-state index contributed by atoms with van der Waals surface area (Å²) in [6.45, 7) is 6.69. The molecule has 0 bridgehead atoms. The quantitative estimate of drug-likeness (QED) is 0.647. The Hall–Kier alpha value is -2.86. The zero-order valence-corrected chi connectivity index (χ0v) is 20.2.